The summed E-state index contributed by atoms with van der Waals surface area (Å²) in [4.78, 5) is 0. The zero-order valence-electron chi connectivity index (χ0n) is 9.29. The van der Waals surface area contributed by atoms with Crippen molar-refractivity contribution in [2.24, 2.45) is 0 Å². The van der Waals surface area contributed by atoms with Crippen LogP contribution in [0.3, 0.4) is 0 Å². The third-order valence-corrected chi connectivity index (χ3v) is 1.97. The van der Waals surface area contributed by atoms with Crippen LogP contribution >= 0.6 is 0 Å². The van der Waals surface area contributed by atoms with Crippen molar-refractivity contribution in [3.63, 3.8) is 0 Å². The molecule has 0 saturated carbocycles. The van der Waals surface area contributed by atoms with E-state index in [0.717, 1.165) is 12.2 Å². The van der Waals surface area contributed by atoms with Crippen molar-refractivity contribution in [2.75, 3.05) is 29.9 Å². The van der Waals surface area contributed by atoms with E-state index in [9.17, 15) is 0 Å². The van der Waals surface area contributed by atoms with Crippen LogP contribution in [-0.2, 0) is 4.74 Å². The van der Waals surface area contributed by atoms with Gasteiger partial charge in [-0.25, -0.2) is 0 Å². The molecule has 0 bridgehead atoms. The average Bonchev–Trinajstić information content (AvgIpc) is 2.18. The van der Waals surface area contributed by atoms with Crippen molar-refractivity contribution in [1.29, 1.82) is 0 Å². The van der Waals surface area contributed by atoms with Gasteiger partial charge in [-0.2, -0.15) is 0 Å². The summed E-state index contributed by atoms with van der Waals surface area (Å²) in [5.74, 6) is 0. The first kappa shape index (κ1) is 11.7. The van der Waals surface area contributed by atoms with Crippen molar-refractivity contribution in [3.8, 4) is 0 Å². The molecule has 0 amide bonds. The van der Waals surface area contributed by atoms with Gasteiger partial charge >= 0.3 is 0 Å². The molecule has 0 fully saturated rings. The highest BCUT2D eigenvalue weighted by molar-refractivity contribution is 5.69. The Balaban J connectivity index is 2.35. The van der Waals surface area contributed by atoms with E-state index < -0.39 is 0 Å². The summed E-state index contributed by atoms with van der Waals surface area (Å²) in [6.07, 6.45) is 0.267. The van der Waals surface area contributed by atoms with E-state index in [-0.39, 0.29) is 6.10 Å². The van der Waals surface area contributed by atoms with E-state index in [2.05, 4.69) is 5.32 Å². The van der Waals surface area contributed by atoms with E-state index >= 15 is 0 Å². The summed E-state index contributed by atoms with van der Waals surface area (Å²) in [5.41, 5.74) is 13.5. The maximum Gasteiger partial charge on any atom is 0.0642 e. The molecule has 0 aliphatic rings. The Morgan fingerprint density at radius 1 is 1.27 bits per heavy atom. The lowest BCUT2D eigenvalue weighted by Crippen LogP contribution is -2.13. The minimum atomic E-state index is 0.267. The molecule has 15 heavy (non-hydrogen) atoms. The Bertz CT molecular complexity index is 313. The lowest BCUT2D eigenvalue weighted by Gasteiger charge is -2.10. The van der Waals surface area contributed by atoms with E-state index in [1.54, 1.807) is 6.07 Å². The van der Waals surface area contributed by atoms with Gasteiger partial charge in [0.2, 0.25) is 0 Å². The van der Waals surface area contributed by atoms with Gasteiger partial charge in [-0.05, 0) is 32.0 Å². The molecule has 0 unspecified atom stereocenters. The molecule has 0 aliphatic carbocycles. The maximum absolute atomic E-state index is 5.68. The van der Waals surface area contributed by atoms with Crippen LogP contribution < -0.4 is 16.8 Å². The van der Waals surface area contributed by atoms with Crippen LogP contribution in [0.4, 0.5) is 17.1 Å². The molecule has 0 aliphatic heterocycles. The molecule has 0 aromatic heterocycles. The predicted octanol–water partition coefficient (Wildman–Crippen LogP) is 1.69. The fraction of sp³-hybridized carbons (Fsp3) is 0.455. The number of benzene rings is 1. The maximum atomic E-state index is 5.68. The monoisotopic (exact) mass is 209 g/mol. The van der Waals surface area contributed by atoms with E-state index in [1.165, 1.54) is 0 Å². The number of hydrogen-bond acceptors (Lipinski definition) is 4. The van der Waals surface area contributed by atoms with Crippen LogP contribution in [0.25, 0.3) is 0 Å². The van der Waals surface area contributed by atoms with Gasteiger partial charge in [0.05, 0.1) is 24.1 Å². The van der Waals surface area contributed by atoms with Crippen molar-refractivity contribution >= 4 is 17.1 Å². The summed E-state index contributed by atoms with van der Waals surface area (Å²) in [6.45, 7) is 5.48. The molecule has 0 spiro atoms. The van der Waals surface area contributed by atoms with Crippen molar-refractivity contribution in [1.82, 2.24) is 0 Å². The van der Waals surface area contributed by atoms with Crippen LogP contribution in [-0.4, -0.2) is 19.3 Å². The second kappa shape index (κ2) is 5.46. The summed E-state index contributed by atoms with van der Waals surface area (Å²) in [7, 11) is 0. The highest BCUT2D eigenvalue weighted by atomic mass is 16.5. The molecule has 0 atom stereocenters. The van der Waals surface area contributed by atoms with Gasteiger partial charge in [0.1, 0.15) is 0 Å². The molecule has 1 aromatic carbocycles. The average molecular weight is 209 g/mol. The first-order valence-corrected chi connectivity index (χ1v) is 5.10. The number of ether oxygens (including phenoxy) is 1. The van der Waals surface area contributed by atoms with E-state index in [1.807, 2.05) is 26.0 Å². The topological polar surface area (TPSA) is 73.3 Å². The first-order chi connectivity index (χ1) is 7.09. The quantitative estimate of drug-likeness (QED) is 0.509. The Morgan fingerprint density at radius 2 is 2.00 bits per heavy atom. The number of anilines is 3. The van der Waals surface area contributed by atoms with Crippen molar-refractivity contribution < 1.29 is 4.74 Å². The number of nitrogen functional groups attached to an aromatic ring is 2. The number of rotatable bonds is 5. The van der Waals surface area contributed by atoms with Gasteiger partial charge in [-0.1, -0.05) is 0 Å². The fourth-order valence-electron chi connectivity index (χ4n) is 1.17. The molecule has 0 saturated heterocycles. The fourth-order valence-corrected chi connectivity index (χ4v) is 1.17. The van der Waals surface area contributed by atoms with Crippen LogP contribution in [0, 0.1) is 0 Å². The largest absolute Gasteiger partial charge is 0.397 e. The molecule has 1 aromatic rings. The molecular weight excluding hydrogens is 190 g/mol. The minimum absolute atomic E-state index is 0.267. The third-order valence-electron chi connectivity index (χ3n) is 1.97. The van der Waals surface area contributed by atoms with Gasteiger partial charge in [0.15, 0.2) is 0 Å². The van der Waals surface area contributed by atoms with E-state index in [4.69, 9.17) is 16.2 Å². The zero-order chi connectivity index (χ0) is 11.3. The van der Waals surface area contributed by atoms with Gasteiger partial charge in [0.25, 0.3) is 0 Å². The summed E-state index contributed by atoms with van der Waals surface area (Å²) >= 11 is 0. The minimum Gasteiger partial charge on any atom is -0.397 e. The van der Waals surface area contributed by atoms with Gasteiger partial charge in [0, 0.05) is 12.2 Å². The van der Waals surface area contributed by atoms with Crippen molar-refractivity contribution in [3.05, 3.63) is 18.2 Å². The Labute approximate surface area is 90.6 Å². The van der Waals surface area contributed by atoms with Crippen LogP contribution in [0.2, 0.25) is 0 Å². The van der Waals surface area contributed by atoms with E-state index in [0.29, 0.717) is 18.0 Å². The number of nitrogens with two attached hydrogens (primary N) is 2. The smallest absolute Gasteiger partial charge is 0.0642 e. The molecule has 84 valence electrons. The summed E-state index contributed by atoms with van der Waals surface area (Å²) in [6, 6.07) is 5.52. The SMILES string of the molecule is CC(C)OCCNc1ccc(N)c(N)c1. The lowest BCUT2D eigenvalue weighted by molar-refractivity contribution is 0.0870. The lowest BCUT2D eigenvalue weighted by atomic mass is 10.2. The third kappa shape index (κ3) is 4.08. The Hall–Kier alpha value is -1.42. The van der Waals surface area contributed by atoms with Crippen LogP contribution in [0.1, 0.15) is 13.8 Å². The highest BCUT2D eigenvalue weighted by Crippen LogP contribution is 2.19. The molecule has 5 N–H and O–H groups in total. The highest BCUT2D eigenvalue weighted by Gasteiger charge is 1.97. The van der Waals surface area contributed by atoms with Crippen LogP contribution in [0.15, 0.2) is 18.2 Å². The summed E-state index contributed by atoms with van der Waals surface area (Å²) in [5, 5.41) is 3.21. The summed E-state index contributed by atoms with van der Waals surface area (Å²) < 4.78 is 5.40. The molecule has 1 rings (SSSR count). The van der Waals surface area contributed by atoms with Crippen LogP contribution in [0.5, 0.6) is 0 Å². The Morgan fingerprint density at radius 3 is 2.60 bits per heavy atom. The molecule has 4 nitrogen and oxygen atoms in total. The molecule has 4 heteroatoms. The second-order valence-electron chi connectivity index (χ2n) is 3.69. The van der Waals surface area contributed by atoms with Gasteiger partial charge < -0.3 is 21.5 Å². The molecule has 0 radical (unpaired) electrons. The Kier molecular flexibility index (Phi) is 4.24. The molecule has 0 heterocycles. The zero-order valence-corrected chi connectivity index (χ0v) is 9.29. The normalized spacial score (nSPS) is 10.6. The standard InChI is InChI=1S/C11H19N3O/c1-8(2)15-6-5-14-9-3-4-10(12)11(13)7-9/h3-4,7-8,14H,5-6,12-13H2,1-2H3. The molecular formula is C11H19N3O. The predicted molar refractivity (Wildman–Crippen MR) is 64.8 cm³/mol. The number of nitrogens with one attached hydrogen (secondary N) is 1. The van der Waals surface area contributed by atoms with Crippen molar-refractivity contribution in [2.45, 2.75) is 20.0 Å². The number of hydrogen-bond donors (Lipinski definition) is 3. The van der Waals surface area contributed by atoms with Gasteiger partial charge in [-0.3, -0.25) is 0 Å². The van der Waals surface area contributed by atoms with Gasteiger partial charge in [-0.15, -0.1) is 0 Å². The second-order valence-corrected chi connectivity index (χ2v) is 3.69. The first-order valence-electron chi connectivity index (χ1n) is 5.10.